The number of aromatic nitrogens is 2. The minimum absolute atomic E-state index is 0.0163. The number of nitrogen functional groups attached to an aromatic ring is 1. The highest BCUT2D eigenvalue weighted by Gasteiger charge is 2.08. The van der Waals surface area contributed by atoms with Crippen LogP contribution in [0.2, 0.25) is 0 Å². The maximum atomic E-state index is 7.46. The summed E-state index contributed by atoms with van der Waals surface area (Å²) in [5.74, 6) is 1.31. The molecule has 0 radical (unpaired) electrons. The molecule has 2 aromatic rings. The standard InChI is InChI=1S/C15H20N4O2/c1-2-20-14-10-12(15(16)17)4-5-13(14)21-9-3-7-19-8-6-18-11-19/h4-6,8,10-11H,2-3,7,9H2,1H3,(H3,16,17). The summed E-state index contributed by atoms with van der Waals surface area (Å²) in [5, 5.41) is 7.46. The predicted molar refractivity (Wildman–Crippen MR) is 81.0 cm³/mol. The van der Waals surface area contributed by atoms with Gasteiger partial charge in [-0.3, -0.25) is 5.41 Å². The Morgan fingerprint density at radius 2 is 2.19 bits per heavy atom. The van der Waals surface area contributed by atoms with Gasteiger partial charge in [0.05, 0.1) is 19.5 Å². The van der Waals surface area contributed by atoms with Crippen LogP contribution in [0, 0.1) is 5.41 Å². The molecular weight excluding hydrogens is 268 g/mol. The van der Waals surface area contributed by atoms with E-state index in [0.717, 1.165) is 13.0 Å². The van der Waals surface area contributed by atoms with E-state index in [4.69, 9.17) is 20.6 Å². The first-order valence-electron chi connectivity index (χ1n) is 6.90. The highest BCUT2D eigenvalue weighted by Crippen LogP contribution is 2.28. The minimum atomic E-state index is 0.0163. The average Bonchev–Trinajstić information content (AvgIpc) is 2.98. The van der Waals surface area contributed by atoms with Crippen LogP contribution in [0.4, 0.5) is 0 Å². The van der Waals surface area contributed by atoms with Gasteiger partial charge in [-0.05, 0) is 31.5 Å². The molecule has 0 bridgehead atoms. The van der Waals surface area contributed by atoms with Crippen LogP contribution in [-0.4, -0.2) is 28.6 Å². The quantitative estimate of drug-likeness (QED) is 0.442. The molecule has 0 spiro atoms. The minimum Gasteiger partial charge on any atom is -0.490 e. The fourth-order valence-corrected chi connectivity index (χ4v) is 1.91. The number of imidazole rings is 1. The fraction of sp³-hybridized carbons (Fsp3) is 0.333. The van der Waals surface area contributed by atoms with Crippen LogP contribution >= 0.6 is 0 Å². The summed E-state index contributed by atoms with van der Waals surface area (Å²) in [7, 11) is 0. The topological polar surface area (TPSA) is 86.1 Å². The third kappa shape index (κ3) is 4.24. The number of nitrogens with zero attached hydrogens (tertiary/aromatic N) is 2. The zero-order valence-electron chi connectivity index (χ0n) is 12.1. The van der Waals surface area contributed by atoms with Crippen molar-refractivity contribution >= 4 is 5.84 Å². The molecule has 0 atom stereocenters. The lowest BCUT2D eigenvalue weighted by Gasteiger charge is -2.13. The monoisotopic (exact) mass is 288 g/mol. The second-order valence-electron chi connectivity index (χ2n) is 4.51. The smallest absolute Gasteiger partial charge is 0.161 e. The maximum Gasteiger partial charge on any atom is 0.161 e. The first-order chi connectivity index (χ1) is 10.2. The number of ether oxygens (including phenoxy) is 2. The van der Waals surface area contributed by atoms with E-state index in [2.05, 4.69) is 4.98 Å². The molecule has 6 nitrogen and oxygen atoms in total. The average molecular weight is 288 g/mol. The molecule has 0 aliphatic carbocycles. The SMILES string of the molecule is CCOc1cc(C(=N)N)ccc1OCCCn1ccnc1. The molecule has 112 valence electrons. The first kappa shape index (κ1) is 14.9. The zero-order valence-corrected chi connectivity index (χ0v) is 12.1. The Balaban J connectivity index is 1.93. The molecule has 21 heavy (non-hydrogen) atoms. The fourth-order valence-electron chi connectivity index (χ4n) is 1.91. The van der Waals surface area contributed by atoms with Gasteiger partial charge in [0.25, 0.3) is 0 Å². The van der Waals surface area contributed by atoms with Crippen molar-refractivity contribution in [2.45, 2.75) is 19.9 Å². The van der Waals surface area contributed by atoms with Crippen LogP contribution in [0.25, 0.3) is 0 Å². The van der Waals surface area contributed by atoms with Crippen LogP contribution in [-0.2, 0) is 6.54 Å². The Bertz CT molecular complexity index is 581. The molecule has 0 aliphatic rings. The second-order valence-corrected chi connectivity index (χ2v) is 4.51. The summed E-state index contributed by atoms with van der Waals surface area (Å²) in [6.45, 7) is 3.88. The lowest BCUT2D eigenvalue weighted by Crippen LogP contribution is -2.11. The Hall–Kier alpha value is -2.50. The molecule has 0 saturated carbocycles. The van der Waals surface area contributed by atoms with Crippen molar-refractivity contribution in [3.8, 4) is 11.5 Å². The second kappa shape index (κ2) is 7.33. The van der Waals surface area contributed by atoms with Gasteiger partial charge in [-0.25, -0.2) is 4.98 Å². The lowest BCUT2D eigenvalue weighted by atomic mass is 10.2. The summed E-state index contributed by atoms with van der Waals surface area (Å²) in [4.78, 5) is 3.99. The van der Waals surface area contributed by atoms with Crippen molar-refractivity contribution < 1.29 is 9.47 Å². The highest BCUT2D eigenvalue weighted by atomic mass is 16.5. The molecule has 0 aliphatic heterocycles. The molecule has 0 amide bonds. The maximum absolute atomic E-state index is 7.46. The first-order valence-corrected chi connectivity index (χ1v) is 6.90. The van der Waals surface area contributed by atoms with Gasteiger partial charge in [-0.1, -0.05) is 0 Å². The lowest BCUT2D eigenvalue weighted by molar-refractivity contribution is 0.269. The summed E-state index contributed by atoms with van der Waals surface area (Å²) < 4.78 is 13.3. The number of hydrogen-bond donors (Lipinski definition) is 2. The third-order valence-electron chi connectivity index (χ3n) is 2.93. The van der Waals surface area contributed by atoms with E-state index in [1.165, 1.54) is 0 Å². The van der Waals surface area contributed by atoms with E-state index >= 15 is 0 Å². The third-order valence-corrected chi connectivity index (χ3v) is 2.93. The zero-order chi connectivity index (χ0) is 15.1. The van der Waals surface area contributed by atoms with Crippen LogP contribution in [0.5, 0.6) is 11.5 Å². The van der Waals surface area contributed by atoms with Gasteiger partial charge < -0.3 is 19.8 Å². The van der Waals surface area contributed by atoms with Gasteiger partial charge in [0, 0.05) is 24.5 Å². The number of nitrogens with one attached hydrogen (secondary N) is 1. The molecule has 1 heterocycles. The Labute approximate surface area is 124 Å². The van der Waals surface area contributed by atoms with Gasteiger partial charge in [0.15, 0.2) is 11.5 Å². The molecule has 1 aromatic carbocycles. The van der Waals surface area contributed by atoms with Crippen LogP contribution in [0.3, 0.4) is 0 Å². The van der Waals surface area contributed by atoms with Crippen molar-refractivity contribution in [3.05, 3.63) is 42.5 Å². The Morgan fingerprint density at radius 3 is 2.86 bits per heavy atom. The summed E-state index contributed by atoms with van der Waals surface area (Å²) >= 11 is 0. The number of nitrogens with two attached hydrogens (primary N) is 1. The van der Waals surface area contributed by atoms with E-state index in [1.807, 2.05) is 17.7 Å². The van der Waals surface area contributed by atoms with Crippen molar-refractivity contribution in [2.75, 3.05) is 13.2 Å². The number of rotatable bonds is 8. The van der Waals surface area contributed by atoms with Crippen molar-refractivity contribution in [2.24, 2.45) is 5.73 Å². The summed E-state index contributed by atoms with van der Waals surface area (Å²) in [6, 6.07) is 5.28. The van der Waals surface area contributed by atoms with Gasteiger partial charge in [0.2, 0.25) is 0 Å². The molecule has 0 unspecified atom stereocenters. The van der Waals surface area contributed by atoms with E-state index in [1.54, 1.807) is 30.7 Å². The molecule has 2 rings (SSSR count). The van der Waals surface area contributed by atoms with E-state index in [0.29, 0.717) is 30.3 Å². The van der Waals surface area contributed by atoms with Crippen LogP contribution < -0.4 is 15.2 Å². The Morgan fingerprint density at radius 1 is 1.33 bits per heavy atom. The number of aryl methyl sites for hydroxylation is 1. The Kier molecular flexibility index (Phi) is 5.20. The van der Waals surface area contributed by atoms with Gasteiger partial charge in [-0.15, -0.1) is 0 Å². The summed E-state index contributed by atoms with van der Waals surface area (Å²) in [6.07, 6.45) is 6.34. The molecule has 6 heteroatoms. The van der Waals surface area contributed by atoms with Crippen molar-refractivity contribution in [1.29, 1.82) is 5.41 Å². The largest absolute Gasteiger partial charge is 0.490 e. The predicted octanol–water partition coefficient (Wildman–Crippen LogP) is 2.03. The summed E-state index contributed by atoms with van der Waals surface area (Å²) in [5.41, 5.74) is 6.11. The van der Waals surface area contributed by atoms with Crippen molar-refractivity contribution in [3.63, 3.8) is 0 Å². The number of amidine groups is 1. The highest BCUT2D eigenvalue weighted by molar-refractivity contribution is 5.95. The van der Waals surface area contributed by atoms with Gasteiger partial charge >= 0.3 is 0 Å². The van der Waals surface area contributed by atoms with E-state index in [-0.39, 0.29) is 5.84 Å². The van der Waals surface area contributed by atoms with Gasteiger partial charge in [0.1, 0.15) is 5.84 Å². The van der Waals surface area contributed by atoms with Crippen molar-refractivity contribution in [1.82, 2.24) is 9.55 Å². The van der Waals surface area contributed by atoms with Crippen LogP contribution in [0.15, 0.2) is 36.9 Å². The van der Waals surface area contributed by atoms with E-state index < -0.39 is 0 Å². The van der Waals surface area contributed by atoms with Gasteiger partial charge in [-0.2, -0.15) is 0 Å². The molecule has 1 aromatic heterocycles. The van der Waals surface area contributed by atoms with E-state index in [9.17, 15) is 0 Å². The number of benzene rings is 1. The molecule has 3 N–H and O–H groups in total. The molecular formula is C15H20N4O2. The number of hydrogen-bond acceptors (Lipinski definition) is 4. The normalized spacial score (nSPS) is 10.3. The van der Waals surface area contributed by atoms with Crippen LogP contribution in [0.1, 0.15) is 18.9 Å². The molecule has 0 fully saturated rings. The molecule has 0 saturated heterocycles.